The number of phenolic OH excluding ortho intramolecular Hbond substituents is 1. The first-order valence-electron chi connectivity index (χ1n) is 16.6. The van der Waals surface area contributed by atoms with Crippen LogP contribution in [0.25, 0.3) is 10.8 Å². The number of allylic oxidation sites excluding steroid dienone is 1. The van der Waals surface area contributed by atoms with E-state index in [0.717, 1.165) is 33.4 Å². The van der Waals surface area contributed by atoms with Gasteiger partial charge in [0.25, 0.3) is 11.8 Å². The third-order valence-corrected chi connectivity index (χ3v) is 11.4. The number of nitrogens with zero attached hydrogens (tertiary/aromatic N) is 3. The van der Waals surface area contributed by atoms with Gasteiger partial charge in [0, 0.05) is 53.2 Å². The number of rotatable bonds is 11. The maximum absolute atomic E-state index is 13.6. The van der Waals surface area contributed by atoms with Crippen molar-refractivity contribution in [2.45, 2.75) is 35.8 Å². The Hall–Kier alpha value is -5.67. The lowest BCUT2D eigenvalue weighted by molar-refractivity contribution is -0.684. The molecular formula is C38H33FN5O7S2+. The lowest BCUT2D eigenvalue weighted by Gasteiger charge is -2.49. The monoisotopic (exact) mass is 754 g/mol. The van der Waals surface area contributed by atoms with E-state index in [-0.39, 0.29) is 41.2 Å². The van der Waals surface area contributed by atoms with E-state index in [9.17, 15) is 38.6 Å². The third kappa shape index (κ3) is 7.76. The van der Waals surface area contributed by atoms with Crippen molar-refractivity contribution in [2.75, 3.05) is 23.4 Å². The molecule has 270 valence electrons. The van der Waals surface area contributed by atoms with Gasteiger partial charge in [-0.1, -0.05) is 30.3 Å². The largest absolute Gasteiger partial charge is 0.505 e. The van der Waals surface area contributed by atoms with Crippen LogP contribution in [0.1, 0.15) is 12.0 Å². The van der Waals surface area contributed by atoms with Gasteiger partial charge in [-0.2, -0.15) is 4.57 Å². The first-order chi connectivity index (χ1) is 25.5. The molecule has 0 radical (unpaired) electrons. The Morgan fingerprint density at radius 2 is 1.77 bits per heavy atom. The predicted molar refractivity (Wildman–Crippen MR) is 196 cm³/mol. The summed E-state index contributed by atoms with van der Waals surface area (Å²) in [5, 5.41) is 26.4. The number of β-lactam (4-membered cyclic amide) rings is 1. The third-order valence-electron chi connectivity index (χ3n) is 9.06. The fourth-order valence-electron chi connectivity index (χ4n) is 6.41. The van der Waals surface area contributed by atoms with Crippen molar-refractivity contribution in [3.63, 3.8) is 0 Å². The fourth-order valence-corrected chi connectivity index (χ4v) is 8.47. The summed E-state index contributed by atoms with van der Waals surface area (Å²) < 4.78 is 15.2. The second kappa shape index (κ2) is 15.1. The second-order valence-electron chi connectivity index (χ2n) is 12.7. The highest BCUT2D eigenvalue weighted by Crippen LogP contribution is 2.41. The molecule has 1 aromatic heterocycles. The maximum atomic E-state index is 13.6. The molecule has 4 amide bonds. The average Bonchev–Trinajstić information content (AvgIpc) is 3.48. The average molecular weight is 755 g/mol. The number of carboxylic acids is 1. The summed E-state index contributed by atoms with van der Waals surface area (Å²) in [6.45, 7) is 0.670. The van der Waals surface area contributed by atoms with E-state index in [4.69, 9.17) is 0 Å². The molecule has 0 bridgehead atoms. The Bertz CT molecular complexity index is 2230. The van der Waals surface area contributed by atoms with Crippen molar-refractivity contribution in [2.24, 2.45) is 0 Å². The van der Waals surface area contributed by atoms with Gasteiger partial charge < -0.3 is 25.7 Å². The van der Waals surface area contributed by atoms with Crippen LogP contribution < -0.4 is 15.2 Å². The number of fused-ring (bicyclic) bond motifs is 2. The molecule has 2 atom stereocenters. The number of likely N-dealkylation sites (tertiary alicyclic amines) is 1. The molecule has 2 fully saturated rings. The predicted octanol–water partition coefficient (Wildman–Crippen LogP) is 3.80. The summed E-state index contributed by atoms with van der Waals surface area (Å²) in [5.41, 5.74) is 1.65. The molecule has 3 aliphatic heterocycles. The van der Waals surface area contributed by atoms with Crippen molar-refractivity contribution in [1.29, 1.82) is 0 Å². The zero-order valence-corrected chi connectivity index (χ0v) is 29.7. The van der Waals surface area contributed by atoms with E-state index in [1.54, 1.807) is 40.1 Å². The lowest BCUT2D eigenvalue weighted by atomic mass is 10.0. The zero-order valence-electron chi connectivity index (χ0n) is 28.0. The Morgan fingerprint density at radius 1 is 1.00 bits per heavy atom. The molecule has 4 heterocycles. The molecule has 15 heteroatoms. The number of aromatic hydroxyl groups is 1. The minimum absolute atomic E-state index is 0.0457. The lowest BCUT2D eigenvalue weighted by Crippen LogP contribution is -2.70. The number of amides is 4. The molecule has 7 rings (SSSR count). The first-order valence-corrected chi connectivity index (χ1v) is 18.7. The summed E-state index contributed by atoms with van der Waals surface area (Å²) in [5.74, 6) is -3.75. The quantitative estimate of drug-likeness (QED) is 0.0588. The number of phenols is 1. The van der Waals surface area contributed by atoms with E-state index in [0.29, 0.717) is 30.7 Å². The molecule has 4 N–H and O–H groups in total. The molecule has 53 heavy (non-hydrogen) atoms. The number of aliphatic carboxylic acids is 1. The van der Waals surface area contributed by atoms with Gasteiger partial charge >= 0.3 is 5.97 Å². The number of thioether (sulfide) groups is 2. The topological polar surface area (TPSA) is 160 Å². The highest BCUT2D eigenvalue weighted by atomic mass is 32.2. The molecule has 3 aliphatic rings. The van der Waals surface area contributed by atoms with Gasteiger partial charge in [0.1, 0.15) is 17.1 Å². The molecule has 2 unspecified atom stereocenters. The zero-order chi connectivity index (χ0) is 37.2. The number of aromatic nitrogens is 1. The van der Waals surface area contributed by atoms with Crippen LogP contribution in [0.2, 0.25) is 0 Å². The van der Waals surface area contributed by atoms with Crippen LogP contribution in [0, 0.1) is 5.82 Å². The molecular weight excluding hydrogens is 722 g/mol. The highest BCUT2D eigenvalue weighted by molar-refractivity contribution is 8.00. The van der Waals surface area contributed by atoms with E-state index >= 15 is 0 Å². The number of carbonyl (C=O) groups is 5. The SMILES string of the molecule is O=C(C[n+]1ccc(CN2CCC(=CC3=C(C(=O)O)N4C(=O)C(NC(=O)CSc5ccc6ccccc6c5)C4SC3)C2=O)cc1)Nc1ccc(O)c(F)c1. The van der Waals surface area contributed by atoms with E-state index in [1.165, 1.54) is 34.5 Å². The van der Waals surface area contributed by atoms with E-state index in [2.05, 4.69) is 10.6 Å². The molecule has 0 saturated carbocycles. The van der Waals surface area contributed by atoms with Crippen molar-refractivity contribution < 1.29 is 43.1 Å². The Kier molecular flexibility index (Phi) is 10.2. The maximum Gasteiger partial charge on any atom is 0.352 e. The van der Waals surface area contributed by atoms with Crippen LogP contribution in [0.4, 0.5) is 10.1 Å². The molecule has 0 spiro atoms. The molecule has 12 nitrogen and oxygen atoms in total. The van der Waals surface area contributed by atoms with Gasteiger partial charge in [-0.25, -0.2) is 9.18 Å². The summed E-state index contributed by atoms with van der Waals surface area (Å²) in [4.78, 5) is 68.0. The Morgan fingerprint density at radius 3 is 2.53 bits per heavy atom. The number of nitrogens with one attached hydrogen (secondary N) is 2. The number of carbonyl (C=O) groups excluding carboxylic acids is 4. The van der Waals surface area contributed by atoms with Gasteiger partial charge in [0.15, 0.2) is 24.0 Å². The normalized spacial score (nSPS) is 19.0. The van der Waals surface area contributed by atoms with Crippen molar-refractivity contribution in [3.05, 3.63) is 119 Å². The van der Waals surface area contributed by atoms with Crippen LogP contribution in [0.15, 0.2) is 113 Å². The summed E-state index contributed by atoms with van der Waals surface area (Å²) in [7, 11) is 0. The minimum atomic E-state index is -1.28. The number of anilines is 1. The van der Waals surface area contributed by atoms with Gasteiger partial charge in [-0.15, -0.1) is 23.5 Å². The summed E-state index contributed by atoms with van der Waals surface area (Å²) in [6.07, 6.45) is 5.35. The van der Waals surface area contributed by atoms with Gasteiger partial charge in [0.05, 0.1) is 5.75 Å². The highest BCUT2D eigenvalue weighted by Gasteiger charge is 2.54. The van der Waals surface area contributed by atoms with Crippen LogP contribution in [-0.4, -0.2) is 79.1 Å². The van der Waals surface area contributed by atoms with Gasteiger partial charge in [0.2, 0.25) is 18.4 Å². The van der Waals surface area contributed by atoms with Crippen LogP contribution in [0.3, 0.4) is 0 Å². The number of hydrogen-bond donors (Lipinski definition) is 4. The van der Waals surface area contributed by atoms with Crippen molar-refractivity contribution >= 4 is 69.6 Å². The molecule has 4 aromatic rings. The number of hydrogen-bond acceptors (Lipinski definition) is 8. The number of halogens is 1. The minimum Gasteiger partial charge on any atom is -0.505 e. The van der Waals surface area contributed by atoms with E-state index < -0.39 is 40.8 Å². The van der Waals surface area contributed by atoms with Crippen LogP contribution >= 0.6 is 23.5 Å². The molecule has 3 aromatic carbocycles. The van der Waals surface area contributed by atoms with Gasteiger partial charge in [-0.3, -0.25) is 24.1 Å². The standard InChI is InChI=1S/C38H32FN5O7S2/c39-29-17-27(6-8-30(29)45)40-31(46)19-42-12-9-22(10-13-42)18-43-14-11-25(35(43)48)15-26-20-53-37-33(36(49)44(37)34(26)38(50)51)41-32(47)21-52-28-7-5-23-3-1-2-4-24(23)16-28/h1-10,12-13,15-17,33,37H,11,14,18-21H2,(H3-,40,41,45,46,47,50,51)/p+1. The first kappa shape index (κ1) is 35.7. The van der Waals surface area contributed by atoms with Gasteiger partial charge in [-0.05, 0) is 58.7 Å². The van der Waals surface area contributed by atoms with Crippen LogP contribution in [-0.2, 0) is 37.1 Å². The molecule has 2 saturated heterocycles. The smallest absolute Gasteiger partial charge is 0.352 e. The second-order valence-corrected chi connectivity index (χ2v) is 14.8. The fraction of sp³-hybridized carbons (Fsp3) is 0.211. The Labute approximate surface area is 311 Å². The number of benzene rings is 3. The van der Waals surface area contributed by atoms with Crippen molar-refractivity contribution in [3.8, 4) is 5.75 Å². The number of carboxylic acid groups (broad SMARTS) is 1. The van der Waals surface area contributed by atoms with E-state index in [1.807, 2.05) is 42.5 Å². The Balaban J connectivity index is 0.937. The molecule has 0 aliphatic carbocycles. The summed E-state index contributed by atoms with van der Waals surface area (Å²) in [6, 6.07) is 20.1. The summed E-state index contributed by atoms with van der Waals surface area (Å²) >= 11 is 2.70. The van der Waals surface area contributed by atoms with Crippen LogP contribution in [0.5, 0.6) is 5.75 Å². The number of pyridine rings is 1. The van der Waals surface area contributed by atoms with Crippen molar-refractivity contribution in [1.82, 2.24) is 15.1 Å².